The minimum atomic E-state index is -3.69. The average molecular weight is 366 g/mol. The Hall–Kier alpha value is -1.64. The molecule has 1 aliphatic carbocycles. The number of sulfonamides is 1. The van der Waals surface area contributed by atoms with E-state index in [9.17, 15) is 8.42 Å². The highest BCUT2D eigenvalue weighted by atomic mass is 32.2. The zero-order chi connectivity index (χ0) is 17.9. The van der Waals surface area contributed by atoms with Crippen molar-refractivity contribution < 1.29 is 22.1 Å². The number of ether oxygens (including phenoxy) is 1. The van der Waals surface area contributed by atoms with Crippen molar-refractivity contribution in [1.82, 2.24) is 9.46 Å². The van der Waals surface area contributed by atoms with E-state index < -0.39 is 10.0 Å². The predicted molar refractivity (Wildman–Crippen MR) is 89.2 cm³/mol. The van der Waals surface area contributed by atoms with E-state index in [1.165, 1.54) is 16.6 Å². The molecule has 2 atom stereocenters. The lowest BCUT2D eigenvalue weighted by Crippen LogP contribution is -2.55. The number of rotatable bonds is 5. The SMILES string of the molecule is COC[C@@]12CN(S(=O)(=O)c3ccc(-c4ccno4)o3)C[C@@H]1C(C)(C)C2. The van der Waals surface area contributed by atoms with Crippen LogP contribution >= 0.6 is 0 Å². The molecule has 2 aromatic rings. The number of furan rings is 1. The Kier molecular flexibility index (Phi) is 3.65. The van der Waals surface area contributed by atoms with E-state index in [0.717, 1.165) is 6.42 Å². The van der Waals surface area contributed by atoms with Crippen LogP contribution in [0.4, 0.5) is 0 Å². The molecular formula is C17H22N2O5S. The molecule has 8 heteroatoms. The Labute approximate surface area is 147 Å². The minimum Gasteiger partial charge on any atom is -0.440 e. The molecule has 1 saturated carbocycles. The molecule has 2 fully saturated rings. The van der Waals surface area contributed by atoms with Gasteiger partial charge in [-0.25, -0.2) is 8.42 Å². The van der Waals surface area contributed by atoms with E-state index in [1.54, 1.807) is 19.2 Å². The standard InChI is InChI=1S/C17H22N2O5S/c1-16(2)9-17(11-22-3)10-19(8-14(16)17)25(20,21)15-5-4-12(23-15)13-6-7-18-24-13/h4-7,14H,8-11H2,1-3H3/t14-,17-/m1/s1. The van der Waals surface area contributed by atoms with Gasteiger partial charge in [0.1, 0.15) is 0 Å². The zero-order valence-corrected chi connectivity index (χ0v) is 15.4. The number of hydrogen-bond acceptors (Lipinski definition) is 6. The van der Waals surface area contributed by atoms with Crippen molar-refractivity contribution in [3.8, 4) is 11.5 Å². The monoisotopic (exact) mass is 366 g/mol. The van der Waals surface area contributed by atoms with Crippen LogP contribution in [0.2, 0.25) is 0 Å². The summed E-state index contributed by atoms with van der Waals surface area (Å²) in [5.74, 6) is 1.04. The predicted octanol–water partition coefficient (Wildman–Crippen LogP) is 2.62. The van der Waals surface area contributed by atoms with Crippen LogP contribution in [0.5, 0.6) is 0 Å². The Morgan fingerprint density at radius 1 is 1.32 bits per heavy atom. The number of aromatic nitrogens is 1. The lowest BCUT2D eigenvalue weighted by Gasteiger charge is -2.56. The molecule has 0 spiro atoms. The van der Waals surface area contributed by atoms with Gasteiger partial charge in [-0.1, -0.05) is 19.0 Å². The van der Waals surface area contributed by atoms with E-state index in [-0.39, 0.29) is 15.9 Å². The number of methoxy groups -OCH3 is 1. The van der Waals surface area contributed by atoms with Gasteiger partial charge >= 0.3 is 0 Å². The van der Waals surface area contributed by atoms with Gasteiger partial charge in [0.05, 0.1) is 12.8 Å². The molecule has 7 nitrogen and oxygen atoms in total. The molecule has 0 bridgehead atoms. The molecule has 0 amide bonds. The van der Waals surface area contributed by atoms with Gasteiger partial charge in [-0.15, -0.1) is 0 Å². The summed E-state index contributed by atoms with van der Waals surface area (Å²) in [5.41, 5.74) is 0.0304. The quantitative estimate of drug-likeness (QED) is 0.808. The summed E-state index contributed by atoms with van der Waals surface area (Å²) < 4.78 is 43.6. The molecule has 3 heterocycles. The van der Waals surface area contributed by atoms with Gasteiger partial charge in [0.25, 0.3) is 10.0 Å². The molecule has 0 N–H and O–H groups in total. The van der Waals surface area contributed by atoms with Crippen molar-refractivity contribution >= 4 is 10.0 Å². The fourth-order valence-electron chi connectivity index (χ4n) is 4.81. The number of hydrogen-bond donors (Lipinski definition) is 0. The second-order valence-electron chi connectivity index (χ2n) is 7.81. The van der Waals surface area contributed by atoms with Gasteiger partial charge in [0, 0.05) is 31.7 Å². The summed E-state index contributed by atoms with van der Waals surface area (Å²) in [6.07, 6.45) is 2.45. The molecule has 0 aromatic carbocycles. The molecule has 0 unspecified atom stereocenters. The zero-order valence-electron chi connectivity index (χ0n) is 14.6. The van der Waals surface area contributed by atoms with Gasteiger partial charge in [0.2, 0.25) is 10.9 Å². The van der Waals surface area contributed by atoms with Crippen molar-refractivity contribution in [1.29, 1.82) is 0 Å². The van der Waals surface area contributed by atoms with Gasteiger partial charge in [-0.05, 0) is 29.9 Å². The molecule has 1 aliphatic heterocycles. The van der Waals surface area contributed by atoms with Crippen molar-refractivity contribution in [3.63, 3.8) is 0 Å². The third kappa shape index (κ3) is 2.46. The maximum atomic E-state index is 13.0. The second kappa shape index (κ2) is 5.43. The van der Waals surface area contributed by atoms with E-state index in [1.807, 2.05) is 0 Å². The summed E-state index contributed by atoms with van der Waals surface area (Å²) in [6.45, 7) is 5.93. The summed E-state index contributed by atoms with van der Waals surface area (Å²) in [4.78, 5) is 0. The largest absolute Gasteiger partial charge is 0.440 e. The highest BCUT2D eigenvalue weighted by molar-refractivity contribution is 7.89. The molecule has 2 aromatic heterocycles. The Morgan fingerprint density at radius 2 is 2.12 bits per heavy atom. The first kappa shape index (κ1) is 16.8. The maximum Gasteiger partial charge on any atom is 0.276 e. The van der Waals surface area contributed by atoms with Crippen LogP contribution in [0.3, 0.4) is 0 Å². The van der Waals surface area contributed by atoms with Crippen LogP contribution < -0.4 is 0 Å². The number of fused-ring (bicyclic) bond motifs is 1. The molecular weight excluding hydrogens is 344 g/mol. The molecule has 1 saturated heterocycles. The lowest BCUT2D eigenvalue weighted by atomic mass is 9.48. The Bertz CT molecular complexity index is 871. The molecule has 2 aliphatic rings. The van der Waals surface area contributed by atoms with E-state index in [0.29, 0.717) is 37.1 Å². The average Bonchev–Trinajstić information content (AvgIpc) is 3.25. The third-order valence-corrected chi connectivity index (χ3v) is 7.34. The lowest BCUT2D eigenvalue weighted by molar-refractivity contribution is -0.106. The molecule has 136 valence electrons. The summed E-state index contributed by atoms with van der Waals surface area (Å²) >= 11 is 0. The Morgan fingerprint density at radius 3 is 2.76 bits per heavy atom. The Balaban J connectivity index is 1.61. The van der Waals surface area contributed by atoms with Gasteiger partial charge in [-0.3, -0.25) is 0 Å². The highest BCUT2D eigenvalue weighted by Crippen LogP contribution is 2.63. The van der Waals surface area contributed by atoms with E-state index >= 15 is 0 Å². The fraction of sp³-hybridized carbons (Fsp3) is 0.588. The normalized spacial score (nSPS) is 28.7. The van der Waals surface area contributed by atoms with Gasteiger partial charge in [-0.2, -0.15) is 4.31 Å². The first-order valence-electron chi connectivity index (χ1n) is 8.29. The first-order chi connectivity index (χ1) is 11.8. The summed E-state index contributed by atoms with van der Waals surface area (Å²) in [6, 6.07) is 4.69. The van der Waals surface area contributed by atoms with Gasteiger partial charge in [0.15, 0.2) is 5.76 Å². The third-order valence-electron chi connectivity index (χ3n) is 5.66. The smallest absolute Gasteiger partial charge is 0.276 e. The van der Waals surface area contributed by atoms with Crippen molar-refractivity contribution in [2.24, 2.45) is 16.7 Å². The van der Waals surface area contributed by atoms with Crippen molar-refractivity contribution in [2.75, 3.05) is 26.8 Å². The van der Waals surface area contributed by atoms with Crippen molar-refractivity contribution in [2.45, 2.75) is 25.4 Å². The molecule has 25 heavy (non-hydrogen) atoms. The molecule has 0 radical (unpaired) electrons. The summed E-state index contributed by atoms with van der Waals surface area (Å²) in [5, 5.41) is 3.55. The van der Waals surface area contributed by atoms with Gasteiger partial charge < -0.3 is 13.7 Å². The summed E-state index contributed by atoms with van der Waals surface area (Å²) in [7, 11) is -2.02. The van der Waals surface area contributed by atoms with E-state index in [2.05, 4.69) is 19.0 Å². The maximum absolute atomic E-state index is 13.0. The second-order valence-corrected chi connectivity index (χ2v) is 9.68. The molecule has 4 rings (SSSR count). The van der Waals surface area contributed by atoms with Crippen LogP contribution in [0.15, 0.2) is 38.4 Å². The fourth-order valence-corrected chi connectivity index (χ4v) is 6.27. The number of nitrogens with zero attached hydrogens (tertiary/aromatic N) is 2. The van der Waals surface area contributed by atoms with E-state index in [4.69, 9.17) is 13.7 Å². The van der Waals surface area contributed by atoms with Crippen molar-refractivity contribution in [3.05, 3.63) is 24.4 Å². The first-order valence-corrected chi connectivity index (χ1v) is 9.73. The van der Waals surface area contributed by atoms with Crippen LogP contribution in [-0.2, 0) is 14.8 Å². The minimum absolute atomic E-state index is 0.0643. The van der Waals surface area contributed by atoms with Crippen LogP contribution in [0.25, 0.3) is 11.5 Å². The van der Waals surface area contributed by atoms with Crippen LogP contribution in [-0.4, -0.2) is 44.7 Å². The highest BCUT2D eigenvalue weighted by Gasteiger charge is 2.64. The topological polar surface area (TPSA) is 85.8 Å². The van der Waals surface area contributed by atoms with Crippen LogP contribution in [0, 0.1) is 16.7 Å². The van der Waals surface area contributed by atoms with Crippen LogP contribution in [0.1, 0.15) is 20.3 Å².